The molecule has 2 fully saturated rings. The van der Waals surface area contributed by atoms with Crippen LogP contribution in [0.4, 0.5) is 5.69 Å². The molecule has 3 amide bonds. The summed E-state index contributed by atoms with van der Waals surface area (Å²) in [6.07, 6.45) is 4.43. The zero-order valence-electron chi connectivity index (χ0n) is 20.5. The maximum atomic E-state index is 13.3. The van der Waals surface area contributed by atoms with Gasteiger partial charge in [0.05, 0.1) is 11.3 Å². The highest BCUT2D eigenvalue weighted by atomic mass is 16.2. The molecule has 35 heavy (non-hydrogen) atoms. The van der Waals surface area contributed by atoms with Gasteiger partial charge in [-0.05, 0) is 69.0 Å². The van der Waals surface area contributed by atoms with Crippen molar-refractivity contribution in [1.29, 1.82) is 0 Å². The molecule has 0 radical (unpaired) electrons. The number of amides is 3. The minimum atomic E-state index is -0.673. The van der Waals surface area contributed by atoms with E-state index < -0.39 is 5.66 Å². The van der Waals surface area contributed by atoms with E-state index >= 15 is 0 Å². The van der Waals surface area contributed by atoms with E-state index in [1.54, 1.807) is 15.9 Å². The van der Waals surface area contributed by atoms with Gasteiger partial charge in [0.1, 0.15) is 5.66 Å². The van der Waals surface area contributed by atoms with Gasteiger partial charge in [-0.1, -0.05) is 36.4 Å². The van der Waals surface area contributed by atoms with Crippen LogP contribution >= 0.6 is 0 Å². The molecule has 1 N–H and O–H groups in total. The van der Waals surface area contributed by atoms with E-state index in [1.165, 1.54) is 18.4 Å². The fourth-order valence-corrected chi connectivity index (χ4v) is 5.79. The van der Waals surface area contributed by atoms with Gasteiger partial charge in [-0.3, -0.25) is 24.2 Å². The molecule has 2 aromatic rings. The maximum absolute atomic E-state index is 13.3. The lowest BCUT2D eigenvalue weighted by atomic mass is 9.98. The number of carbonyl (C=O) groups is 3. The van der Waals surface area contributed by atoms with Gasteiger partial charge < -0.3 is 10.2 Å². The Kier molecular flexibility index (Phi) is 6.60. The van der Waals surface area contributed by atoms with E-state index in [2.05, 4.69) is 28.4 Å². The highest BCUT2D eigenvalue weighted by Gasteiger charge is 2.52. The van der Waals surface area contributed by atoms with Crippen molar-refractivity contribution in [2.24, 2.45) is 0 Å². The van der Waals surface area contributed by atoms with Crippen LogP contribution in [0.1, 0.15) is 66.9 Å². The minimum Gasteiger partial charge on any atom is -0.352 e. The topological polar surface area (TPSA) is 73.0 Å². The Labute approximate surface area is 207 Å². The van der Waals surface area contributed by atoms with Crippen LogP contribution in [0.5, 0.6) is 0 Å². The van der Waals surface area contributed by atoms with Crippen molar-refractivity contribution in [3.8, 4) is 0 Å². The first-order valence-electron chi connectivity index (χ1n) is 12.8. The van der Waals surface area contributed by atoms with Crippen LogP contribution in [0, 0.1) is 0 Å². The Hall–Kier alpha value is -3.19. The van der Waals surface area contributed by atoms with Crippen molar-refractivity contribution in [1.82, 2.24) is 15.1 Å². The molecule has 0 bridgehead atoms. The van der Waals surface area contributed by atoms with Crippen LogP contribution in [-0.2, 0) is 22.7 Å². The van der Waals surface area contributed by atoms with E-state index in [0.717, 1.165) is 25.2 Å². The number of nitrogens with zero attached hydrogens (tertiary/aromatic N) is 3. The Balaban J connectivity index is 1.18. The third-order valence-electron chi connectivity index (χ3n) is 7.72. The van der Waals surface area contributed by atoms with Gasteiger partial charge in [0.15, 0.2) is 0 Å². The molecule has 184 valence electrons. The molecule has 3 aliphatic rings. The molecular formula is C28H34N4O3. The fourth-order valence-electron chi connectivity index (χ4n) is 5.79. The number of rotatable bonds is 8. The molecule has 2 saturated heterocycles. The van der Waals surface area contributed by atoms with Crippen molar-refractivity contribution < 1.29 is 14.4 Å². The zero-order chi connectivity index (χ0) is 24.4. The summed E-state index contributed by atoms with van der Waals surface area (Å²) in [5.74, 6) is -0.0385. The SMILES string of the molecule is C[C@@]12CCC(=O)N1c1ccccc1C(=O)N2CCCC(=O)NCc1ccccc1CN1CCCC1. The lowest BCUT2D eigenvalue weighted by Crippen LogP contribution is -2.62. The van der Waals surface area contributed by atoms with Gasteiger partial charge >= 0.3 is 0 Å². The molecule has 0 spiro atoms. The molecule has 3 aliphatic heterocycles. The van der Waals surface area contributed by atoms with Crippen LogP contribution in [0.3, 0.4) is 0 Å². The Morgan fingerprint density at radius 2 is 1.71 bits per heavy atom. The summed E-state index contributed by atoms with van der Waals surface area (Å²) in [5, 5.41) is 3.07. The van der Waals surface area contributed by atoms with E-state index in [-0.39, 0.29) is 17.7 Å². The molecule has 2 aromatic carbocycles. The fraction of sp³-hybridized carbons (Fsp3) is 0.464. The normalized spacial score (nSPS) is 21.9. The average Bonchev–Trinajstić information content (AvgIpc) is 3.48. The van der Waals surface area contributed by atoms with Crippen molar-refractivity contribution >= 4 is 23.4 Å². The second-order valence-electron chi connectivity index (χ2n) is 10.1. The van der Waals surface area contributed by atoms with Gasteiger partial charge in [-0.15, -0.1) is 0 Å². The van der Waals surface area contributed by atoms with Gasteiger partial charge in [0.2, 0.25) is 11.8 Å². The van der Waals surface area contributed by atoms with Gasteiger partial charge in [0, 0.05) is 32.5 Å². The van der Waals surface area contributed by atoms with Crippen LogP contribution in [0.2, 0.25) is 0 Å². The van der Waals surface area contributed by atoms with Gasteiger partial charge in [-0.25, -0.2) is 0 Å². The summed E-state index contributed by atoms with van der Waals surface area (Å²) in [4.78, 5) is 44.7. The monoisotopic (exact) mass is 474 g/mol. The summed E-state index contributed by atoms with van der Waals surface area (Å²) in [7, 11) is 0. The third-order valence-corrected chi connectivity index (χ3v) is 7.72. The lowest BCUT2D eigenvalue weighted by molar-refractivity contribution is -0.121. The largest absolute Gasteiger partial charge is 0.352 e. The first-order valence-corrected chi connectivity index (χ1v) is 12.8. The number of nitrogens with one attached hydrogen (secondary N) is 1. The Bertz CT molecular complexity index is 1130. The smallest absolute Gasteiger partial charge is 0.257 e. The van der Waals surface area contributed by atoms with E-state index in [4.69, 9.17) is 0 Å². The van der Waals surface area contributed by atoms with E-state index in [1.807, 2.05) is 31.2 Å². The first-order chi connectivity index (χ1) is 17.0. The number of carbonyl (C=O) groups excluding carboxylic acids is 3. The number of para-hydroxylation sites is 1. The number of hydrogen-bond donors (Lipinski definition) is 1. The van der Waals surface area contributed by atoms with E-state index in [9.17, 15) is 14.4 Å². The number of fused-ring (bicyclic) bond motifs is 3. The molecule has 5 rings (SSSR count). The molecule has 0 aromatic heterocycles. The first kappa shape index (κ1) is 23.5. The van der Waals surface area contributed by atoms with Crippen LogP contribution in [0.25, 0.3) is 0 Å². The predicted octanol–water partition coefficient (Wildman–Crippen LogP) is 3.68. The number of anilines is 1. The second kappa shape index (κ2) is 9.82. The maximum Gasteiger partial charge on any atom is 0.257 e. The van der Waals surface area contributed by atoms with Gasteiger partial charge in [0.25, 0.3) is 5.91 Å². The summed E-state index contributed by atoms with van der Waals surface area (Å²) in [5.41, 5.74) is 3.01. The highest BCUT2D eigenvalue weighted by molar-refractivity contribution is 6.10. The van der Waals surface area contributed by atoms with Crippen LogP contribution in [-0.4, -0.2) is 52.8 Å². The summed E-state index contributed by atoms with van der Waals surface area (Å²) in [6, 6.07) is 15.6. The Morgan fingerprint density at radius 1 is 1.00 bits per heavy atom. The summed E-state index contributed by atoms with van der Waals surface area (Å²) >= 11 is 0. The summed E-state index contributed by atoms with van der Waals surface area (Å²) < 4.78 is 0. The van der Waals surface area contributed by atoms with Gasteiger partial charge in [-0.2, -0.15) is 0 Å². The molecule has 3 heterocycles. The Morgan fingerprint density at radius 3 is 2.51 bits per heavy atom. The molecule has 7 nitrogen and oxygen atoms in total. The number of hydrogen-bond acceptors (Lipinski definition) is 4. The van der Waals surface area contributed by atoms with Crippen LogP contribution in [0.15, 0.2) is 48.5 Å². The number of benzene rings is 2. The third kappa shape index (κ3) is 4.57. The van der Waals surface area contributed by atoms with Crippen molar-refractivity contribution in [2.45, 2.75) is 64.2 Å². The quantitative estimate of drug-likeness (QED) is 0.634. The second-order valence-corrected chi connectivity index (χ2v) is 10.1. The molecule has 0 unspecified atom stereocenters. The zero-order valence-corrected chi connectivity index (χ0v) is 20.5. The molecule has 0 saturated carbocycles. The molecular weight excluding hydrogens is 440 g/mol. The lowest BCUT2D eigenvalue weighted by Gasteiger charge is -2.48. The van der Waals surface area contributed by atoms with Crippen molar-refractivity contribution in [3.05, 3.63) is 65.2 Å². The van der Waals surface area contributed by atoms with Crippen molar-refractivity contribution in [2.75, 3.05) is 24.5 Å². The molecule has 0 aliphatic carbocycles. The minimum absolute atomic E-state index is 0.0182. The predicted molar refractivity (Wildman–Crippen MR) is 135 cm³/mol. The molecule has 7 heteroatoms. The average molecular weight is 475 g/mol. The van der Waals surface area contributed by atoms with E-state index in [0.29, 0.717) is 50.0 Å². The van der Waals surface area contributed by atoms with Crippen LogP contribution < -0.4 is 10.2 Å². The standard InChI is InChI=1S/C28H34N4O3/c1-28-15-14-26(34)32(28)24-12-5-4-11-23(24)27(35)31(28)18-8-13-25(33)29-19-21-9-2-3-10-22(21)20-30-16-6-7-17-30/h2-5,9-12H,6-8,13-20H2,1H3,(H,29,33)/t28-/m0/s1. The van der Waals surface area contributed by atoms with Crippen molar-refractivity contribution in [3.63, 3.8) is 0 Å². The molecule has 1 atom stereocenters. The highest BCUT2D eigenvalue weighted by Crippen LogP contribution is 2.44. The number of likely N-dealkylation sites (tertiary alicyclic amines) is 1. The summed E-state index contributed by atoms with van der Waals surface area (Å²) in [6.45, 7) is 6.12.